The third kappa shape index (κ3) is 4.47. The predicted molar refractivity (Wildman–Crippen MR) is 59.3 cm³/mol. The number of likely N-dealkylation sites (tertiary alicyclic amines) is 1. The number of piperidine rings is 1. The minimum Gasteiger partial charge on any atom is -0.481 e. The van der Waals surface area contributed by atoms with Gasteiger partial charge in [-0.3, -0.25) is 4.79 Å². The average Bonchev–Trinajstić information content (AvgIpc) is 2.27. The van der Waals surface area contributed by atoms with Crippen molar-refractivity contribution in [3.05, 3.63) is 0 Å². The Labute approximate surface area is 96.0 Å². The summed E-state index contributed by atoms with van der Waals surface area (Å²) in [5.74, 6) is -0.908. The summed E-state index contributed by atoms with van der Waals surface area (Å²) >= 11 is 0. The number of carboxylic acids is 1. The second-order valence-corrected chi connectivity index (χ2v) is 4.23. The Kier molecular flexibility index (Phi) is 5.73. The fraction of sp³-hybridized carbons (Fsp3) is 0.909. The van der Waals surface area contributed by atoms with Gasteiger partial charge < -0.3 is 19.8 Å². The molecule has 0 aromatic carbocycles. The van der Waals surface area contributed by atoms with E-state index in [9.17, 15) is 9.90 Å². The zero-order valence-electron chi connectivity index (χ0n) is 9.76. The van der Waals surface area contributed by atoms with Crippen molar-refractivity contribution >= 4 is 5.97 Å². The fourth-order valence-electron chi connectivity index (χ4n) is 1.97. The number of aliphatic hydroxyl groups excluding tert-OH is 1. The van der Waals surface area contributed by atoms with Crippen LogP contribution in [0.5, 0.6) is 0 Å². The van der Waals surface area contributed by atoms with Gasteiger partial charge in [0.2, 0.25) is 0 Å². The third-order valence-electron chi connectivity index (χ3n) is 2.92. The van der Waals surface area contributed by atoms with Crippen LogP contribution in [0.25, 0.3) is 0 Å². The van der Waals surface area contributed by atoms with Crippen LogP contribution in [-0.4, -0.2) is 60.0 Å². The minimum atomic E-state index is -0.700. The highest BCUT2D eigenvalue weighted by Gasteiger charge is 2.25. The molecule has 1 heterocycles. The first-order valence-corrected chi connectivity index (χ1v) is 5.84. The van der Waals surface area contributed by atoms with E-state index in [1.807, 2.05) is 6.92 Å². The first-order chi connectivity index (χ1) is 7.63. The zero-order chi connectivity index (χ0) is 12.0. The first kappa shape index (κ1) is 13.4. The van der Waals surface area contributed by atoms with E-state index < -0.39 is 12.1 Å². The molecule has 1 atom stereocenters. The average molecular weight is 231 g/mol. The summed E-state index contributed by atoms with van der Waals surface area (Å²) in [6.07, 6.45) is 0.884. The quantitative estimate of drug-likeness (QED) is 0.682. The second-order valence-electron chi connectivity index (χ2n) is 4.23. The maximum Gasteiger partial charge on any atom is 0.306 e. The Bertz CT molecular complexity index is 214. The summed E-state index contributed by atoms with van der Waals surface area (Å²) in [4.78, 5) is 12.8. The van der Waals surface area contributed by atoms with Gasteiger partial charge in [0.25, 0.3) is 0 Å². The molecule has 0 aromatic heterocycles. The largest absolute Gasteiger partial charge is 0.481 e. The molecule has 5 nitrogen and oxygen atoms in total. The molecule has 1 aliphatic heterocycles. The monoisotopic (exact) mass is 231 g/mol. The molecular formula is C11H21NO4. The van der Waals surface area contributed by atoms with E-state index in [4.69, 9.17) is 9.84 Å². The predicted octanol–water partition coefficient (Wildman–Crippen LogP) is 0.180. The van der Waals surface area contributed by atoms with Gasteiger partial charge in [0.05, 0.1) is 18.6 Å². The van der Waals surface area contributed by atoms with Crippen molar-refractivity contribution in [1.82, 2.24) is 4.90 Å². The molecule has 0 spiro atoms. The van der Waals surface area contributed by atoms with Crippen molar-refractivity contribution in [3.8, 4) is 0 Å². The SMILES string of the molecule is CCOCC(O)CN1CCC(C(=O)O)CC1. The lowest BCUT2D eigenvalue weighted by atomic mass is 9.97. The Morgan fingerprint density at radius 3 is 2.62 bits per heavy atom. The summed E-state index contributed by atoms with van der Waals surface area (Å²) in [6.45, 7) is 4.94. The number of nitrogens with zero attached hydrogens (tertiary/aromatic N) is 1. The van der Waals surface area contributed by atoms with Gasteiger partial charge in [-0.25, -0.2) is 0 Å². The van der Waals surface area contributed by atoms with Gasteiger partial charge in [-0.05, 0) is 32.9 Å². The van der Waals surface area contributed by atoms with Gasteiger partial charge >= 0.3 is 5.97 Å². The number of carboxylic acid groups (broad SMARTS) is 1. The highest BCUT2D eigenvalue weighted by Crippen LogP contribution is 2.17. The van der Waals surface area contributed by atoms with E-state index in [1.54, 1.807) is 0 Å². The first-order valence-electron chi connectivity index (χ1n) is 5.84. The van der Waals surface area contributed by atoms with Crippen LogP contribution in [0.3, 0.4) is 0 Å². The van der Waals surface area contributed by atoms with Gasteiger partial charge in [-0.2, -0.15) is 0 Å². The summed E-state index contributed by atoms with van der Waals surface area (Å²) in [5.41, 5.74) is 0. The lowest BCUT2D eigenvalue weighted by molar-refractivity contribution is -0.143. The maximum atomic E-state index is 10.7. The number of ether oxygens (including phenoxy) is 1. The van der Waals surface area contributed by atoms with Gasteiger partial charge in [-0.15, -0.1) is 0 Å². The van der Waals surface area contributed by atoms with Crippen LogP contribution in [0.2, 0.25) is 0 Å². The van der Waals surface area contributed by atoms with Gasteiger partial charge in [0.15, 0.2) is 0 Å². The lowest BCUT2D eigenvalue weighted by Gasteiger charge is -2.31. The lowest BCUT2D eigenvalue weighted by Crippen LogP contribution is -2.41. The molecule has 0 saturated carbocycles. The molecule has 1 saturated heterocycles. The highest BCUT2D eigenvalue weighted by molar-refractivity contribution is 5.70. The minimum absolute atomic E-state index is 0.208. The molecule has 5 heteroatoms. The van der Waals surface area contributed by atoms with E-state index in [1.165, 1.54) is 0 Å². The molecule has 0 radical (unpaired) electrons. The van der Waals surface area contributed by atoms with Crippen molar-refractivity contribution < 1.29 is 19.7 Å². The Morgan fingerprint density at radius 1 is 1.50 bits per heavy atom. The molecule has 0 aliphatic carbocycles. The fourth-order valence-corrected chi connectivity index (χ4v) is 1.97. The molecule has 94 valence electrons. The normalized spacial score (nSPS) is 20.9. The number of hydrogen-bond acceptors (Lipinski definition) is 4. The molecule has 0 aromatic rings. The van der Waals surface area contributed by atoms with E-state index in [0.29, 0.717) is 32.6 Å². The highest BCUT2D eigenvalue weighted by atomic mass is 16.5. The Balaban J connectivity index is 2.18. The third-order valence-corrected chi connectivity index (χ3v) is 2.92. The van der Waals surface area contributed by atoms with E-state index in [0.717, 1.165) is 13.1 Å². The molecule has 1 unspecified atom stereocenters. The molecule has 1 rings (SSSR count). The number of carbonyl (C=O) groups is 1. The van der Waals surface area contributed by atoms with Crippen molar-refractivity contribution in [3.63, 3.8) is 0 Å². The van der Waals surface area contributed by atoms with Gasteiger partial charge in [0, 0.05) is 13.2 Å². The van der Waals surface area contributed by atoms with Crippen LogP contribution in [0.1, 0.15) is 19.8 Å². The number of β-amino-alcohol motifs (C(OH)–C–C–N with tert-alkyl or cyclic N) is 1. The summed E-state index contributed by atoms with van der Waals surface area (Å²) < 4.78 is 5.13. The maximum absolute atomic E-state index is 10.7. The number of rotatable bonds is 6. The van der Waals surface area contributed by atoms with Crippen LogP contribution < -0.4 is 0 Å². The number of aliphatic carboxylic acids is 1. The summed E-state index contributed by atoms with van der Waals surface area (Å²) in [7, 11) is 0. The topological polar surface area (TPSA) is 70.0 Å². The molecule has 2 N–H and O–H groups in total. The van der Waals surface area contributed by atoms with Crippen LogP contribution >= 0.6 is 0 Å². The van der Waals surface area contributed by atoms with Gasteiger partial charge in [-0.1, -0.05) is 0 Å². The molecule has 0 bridgehead atoms. The molecular weight excluding hydrogens is 210 g/mol. The summed E-state index contributed by atoms with van der Waals surface area (Å²) in [5, 5.41) is 18.5. The Morgan fingerprint density at radius 2 is 2.12 bits per heavy atom. The van der Waals surface area contributed by atoms with Crippen LogP contribution in [0.4, 0.5) is 0 Å². The molecule has 1 fully saturated rings. The van der Waals surface area contributed by atoms with E-state index >= 15 is 0 Å². The second kappa shape index (κ2) is 6.83. The standard InChI is InChI=1S/C11H21NO4/c1-2-16-8-10(13)7-12-5-3-9(4-6-12)11(14)15/h9-10,13H,2-8H2,1H3,(H,14,15). The molecule has 1 aliphatic rings. The van der Waals surface area contributed by atoms with Crippen LogP contribution in [0.15, 0.2) is 0 Å². The summed E-state index contributed by atoms with van der Waals surface area (Å²) in [6, 6.07) is 0. The van der Waals surface area contributed by atoms with Crippen molar-refractivity contribution in [2.24, 2.45) is 5.92 Å². The Hall–Kier alpha value is -0.650. The number of hydrogen-bond donors (Lipinski definition) is 2. The van der Waals surface area contributed by atoms with E-state index in [-0.39, 0.29) is 5.92 Å². The van der Waals surface area contributed by atoms with Crippen molar-refractivity contribution in [2.45, 2.75) is 25.9 Å². The number of aliphatic hydroxyl groups is 1. The van der Waals surface area contributed by atoms with Crippen LogP contribution in [0, 0.1) is 5.92 Å². The van der Waals surface area contributed by atoms with E-state index in [2.05, 4.69) is 4.90 Å². The molecule has 0 amide bonds. The molecule has 16 heavy (non-hydrogen) atoms. The van der Waals surface area contributed by atoms with Crippen LogP contribution in [-0.2, 0) is 9.53 Å². The smallest absolute Gasteiger partial charge is 0.306 e. The van der Waals surface area contributed by atoms with Crippen molar-refractivity contribution in [1.29, 1.82) is 0 Å². The van der Waals surface area contributed by atoms with Crippen molar-refractivity contribution in [2.75, 3.05) is 32.8 Å². The van der Waals surface area contributed by atoms with Gasteiger partial charge in [0.1, 0.15) is 0 Å². The zero-order valence-corrected chi connectivity index (χ0v) is 9.76.